The summed E-state index contributed by atoms with van der Waals surface area (Å²) in [5, 5.41) is 15.3. The van der Waals surface area contributed by atoms with Gasteiger partial charge in [0.25, 0.3) is 0 Å². The molecule has 1 aromatic carbocycles. The molecule has 1 aliphatic rings. The van der Waals surface area contributed by atoms with Crippen molar-refractivity contribution in [1.29, 1.82) is 0 Å². The molecule has 1 aliphatic carbocycles. The predicted molar refractivity (Wildman–Crippen MR) is 105 cm³/mol. The number of rotatable bonds is 5. The summed E-state index contributed by atoms with van der Waals surface area (Å²) < 4.78 is 5.34. The Balaban J connectivity index is 1.63. The van der Waals surface area contributed by atoms with Gasteiger partial charge in [-0.1, -0.05) is 23.7 Å². The monoisotopic (exact) mass is 374 g/mol. The fraction of sp³-hybridized carbons (Fsp3) is 0.476. The molecule has 1 aromatic heterocycles. The molecule has 4 nitrogen and oxygen atoms in total. The molecule has 5 heteroatoms. The van der Waals surface area contributed by atoms with Gasteiger partial charge in [0.05, 0.1) is 17.7 Å². The van der Waals surface area contributed by atoms with Crippen molar-refractivity contribution in [1.82, 2.24) is 10.3 Å². The number of hydrogen-bond donors (Lipinski definition) is 2. The van der Waals surface area contributed by atoms with E-state index in [2.05, 4.69) is 23.3 Å². The number of nitrogens with zero attached hydrogens (tertiary/aromatic N) is 1. The van der Waals surface area contributed by atoms with E-state index < -0.39 is 5.60 Å². The van der Waals surface area contributed by atoms with Crippen LogP contribution in [0.25, 0.3) is 0 Å². The largest absolute Gasteiger partial charge is 0.495 e. The highest BCUT2D eigenvalue weighted by molar-refractivity contribution is 6.32. The van der Waals surface area contributed by atoms with Crippen molar-refractivity contribution in [3.8, 4) is 5.75 Å². The summed E-state index contributed by atoms with van der Waals surface area (Å²) in [5.74, 6) is 0.738. The van der Waals surface area contributed by atoms with Crippen LogP contribution in [0.15, 0.2) is 36.7 Å². The van der Waals surface area contributed by atoms with E-state index in [0.717, 1.165) is 48.1 Å². The van der Waals surface area contributed by atoms with Crippen molar-refractivity contribution in [2.24, 2.45) is 0 Å². The molecule has 26 heavy (non-hydrogen) atoms. The SMILES string of the molecule is COc1c(C)cc(C(C)NC2CCC(O)(c3cccnc3)CC2)cc1Cl. The van der Waals surface area contributed by atoms with Gasteiger partial charge in [0.1, 0.15) is 5.75 Å². The Kier molecular flexibility index (Phi) is 5.86. The first-order chi connectivity index (χ1) is 12.4. The zero-order valence-corrected chi connectivity index (χ0v) is 16.4. The van der Waals surface area contributed by atoms with Crippen molar-refractivity contribution >= 4 is 11.6 Å². The molecule has 140 valence electrons. The quantitative estimate of drug-likeness (QED) is 0.807. The summed E-state index contributed by atoms with van der Waals surface area (Å²) >= 11 is 6.34. The van der Waals surface area contributed by atoms with E-state index in [-0.39, 0.29) is 6.04 Å². The number of benzene rings is 1. The van der Waals surface area contributed by atoms with Gasteiger partial charge in [-0.15, -0.1) is 0 Å². The van der Waals surface area contributed by atoms with E-state index in [1.54, 1.807) is 19.5 Å². The van der Waals surface area contributed by atoms with E-state index in [1.807, 2.05) is 25.1 Å². The van der Waals surface area contributed by atoms with E-state index >= 15 is 0 Å². The summed E-state index contributed by atoms with van der Waals surface area (Å²) in [6.07, 6.45) is 6.86. The Morgan fingerprint density at radius 2 is 2.08 bits per heavy atom. The summed E-state index contributed by atoms with van der Waals surface area (Å²) in [6, 6.07) is 8.51. The Labute approximate surface area is 160 Å². The fourth-order valence-electron chi connectivity index (χ4n) is 3.90. The van der Waals surface area contributed by atoms with Crippen LogP contribution in [0.5, 0.6) is 5.75 Å². The van der Waals surface area contributed by atoms with Crippen LogP contribution in [0.3, 0.4) is 0 Å². The minimum Gasteiger partial charge on any atom is -0.495 e. The minimum absolute atomic E-state index is 0.187. The average molecular weight is 375 g/mol. The van der Waals surface area contributed by atoms with Crippen LogP contribution >= 0.6 is 11.6 Å². The molecule has 0 bridgehead atoms. The van der Waals surface area contributed by atoms with Crippen LogP contribution < -0.4 is 10.1 Å². The Morgan fingerprint density at radius 1 is 1.35 bits per heavy atom. The highest BCUT2D eigenvalue weighted by Gasteiger charge is 2.35. The van der Waals surface area contributed by atoms with Crippen molar-refractivity contribution in [3.05, 3.63) is 58.4 Å². The maximum atomic E-state index is 10.9. The van der Waals surface area contributed by atoms with Crippen LogP contribution in [-0.2, 0) is 5.60 Å². The first-order valence-corrected chi connectivity index (χ1v) is 9.54. The van der Waals surface area contributed by atoms with Gasteiger partial charge in [0.2, 0.25) is 0 Å². The van der Waals surface area contributed by atoms with Crippen molar-refractivity contribution in [3.63, 3.8) is 0 Å². The van der Waals surface area contributed by atoms with Gasteiger partial charge in [-0.2, -0.15) is 0 Å². The molecule has 1 atom stereocenters. The van der Waals surface area contributed by atoms with Gasteiger partial charge in [-0.25, -0.2) is 0 Å². The molecule has 1 fully saturated rings. The number of aliphatic hydroxyl groups is 1. The summed E-state index contributed by atoms with van der Waals surface area (Å²) in [6.45, 7) is 4.16. The fourth-order valence-corrected chi connectivity index (χ4v) is 4.26. The molecule has 1 unspecified atom stereocenters. The van der Waals surface area contributed by atoms with Gasteiger partial charge in [0.15, 0.2) is 0 Å². The van der Waals surface area contributed by atoms with E-state index in [1.165, 1.54) is 0 Å². The first-order valence-electron chi connectivity index (χ1n) is 9.16. The summed E-state index contributed by atoms with van der Waals surface area (Å²) in [5.41, 5.74) is 2.36. The normalized spacial score (nSPS) is 24.3. The standard InChI is InChI=1S/C21H27ClN2O2/c1-14-11-16(12-19(22)20(14)26-3)15(2)24-18-6-8-21(25,9-7-18)17-5-4-10-23-13-17/h4-5,10-13,15,18,24-25H,6-9H2,1-3H3. The van der Waals surface area contributed by atoms with Gasteiger partial charge in [-0.05, 0) is 62.8 Å². The van der Waals surface area contributed by atoms with E-state index in [0.29, 0.717) is 11.1 Å². The molecule has 0 spiro atoms. The molecular formula is C21H27ClN2O2. The Morgan fingerprint density at radius 3 is 2.65 bits per heavy atom. The zero-order chi connectivity index (χ0) is 18.7. The van der Waals surface area contributed by atoms with Gasteiger partial charge >= 0.3 is 0 Å². The topological polar surface area (TPSA) is 54.4 Å². The van der Waals surface area contributed by atoms with Crippen LogP contribution in [-0.4, -0.2) is 23.2 Å². The minimum atomic E-state index is -0.754. The molecule has 1 saturated carbocycles. The van der Waals surface area contributed by atoms with Crippen molar-refractivity contribution in [2.45, 2.75) is 57.2 Å². The molecule has 0 radical (unpaired) electrons. The number of hydrogen-bond acceptors (Lipinski definition) is 4. The molecule has 0 aliphatic heterocycles. The van der Waals surface area contributed by atoms with E-state index in [4.69, 9.17) is 16.3 Å². The average Bonchev–Trinajstić information content (AvgIpc) is 2.64. The maximum absolute atomic E-state index is 10.9. The third kappa shape index (κ3) is 4.03. The molecule has 3 rings (SSSR count). The van der Waals surface area contributed by atoms with Crippen LogP contribution in [0.1, 0.15) is 55.3 Å². The van der Waals surface area contributed by atoms with Crippen molar-refractivity contribution in [2.75, 3.05) is 7.11 Å². The lowest BCUT2D eigenvalue weighted by molar-refractivity contribution is -0.00950. The highest BCUT2D eigenvalue weighted by atomic mass is 35.5. The van der Waals surface area contributed by atoms with Crippen molar-refractivity contribution < 1.29 is 9.84 Å². The lowest BCUT2D eigenvalue weighted by Gasteiger charge is -2.37. The molecule has 0 saturated heterocycles. The number of aromatic nitrogens is 1. The highest BCUT2D eigenvalue weighted by Crippen LogP contribution is 2.38. The van der Waals surface area contributed by atoms with Gasteiger partial charge in [0, 0.05) is 30.0 Å². The molecule has 0 amide bonds. The summed E-state index contributed by atoms with van der Waals surface area (Å²) in [7, 11) is 1.64. The van der Waals surface area contributed by atoms with E-state index in [9.17, 15) is 5.11 Å². The zero-order valence-electron chi connectivity index (χ0n) is 15.6. The second-order valence-electron chi connectivity index (χ2n) is 7.29. The van der Waals surface area contributed by atoms with Crippen LogP contribution in [0.4, 0.5) is 0 Å². The third-order valence-corrected chi connectivity index (χ3v) is 5.73. The molecule has 2 aromatic rings. The number of nitrogens with one attached hydrogen (secondary N) is 1. The second kappa shape index (κ2) is 7.95. The Hall–Kier alpha value is -1.62. The lowest BCUT2D eigenvalue weighted by Crippen LogP contribution is -2.40. The number of aryl methyl sites for hydroxylation is 1. The first kappa shape index (κ1) is 19.2. The Bertz CT molecular complexity index is 720. The number of methoxy groups -OCH3 is 1. The van der Waals surface area contributed by atoms with Gasteiger partial charge in [-0.3, -0.25) is 4.98 Å². The van der Waals surface area contributed by atoms with Crippen LogP contribution in [0.2, 0.25) is 5.02 Å². The predicted octanol–water partition coefficient (Wildman–Crippen LogP) is 4.53. The molecular weight excluding hydrogens is 348 g/mol. The third-order valence-electron chi connectivity index (χ3n) is 5.45. The number of halogens is 1. The maximum Gasteiger partial charge on any atom is 0.140 e. The summed E-state index contributed by atoms with van der Waals surface area (Å²) in [4.78, 5) is 4.14. The smallest absolute Gasteiger partial charge is 0.140 e. The van der Waals surface area contributed by atoms with Gasteiger partial charge < -0.3 is 15.2 Å². The molecule has 2 N–H and O–H groups in total. The lowest BCUT2D eigenvalue weighted by atomic mass is 9.78. The number of ether oxygens (including phenoxy) is 1. The van der Waals surface area contributed by atoms with Crippen LogP contribution in [0, 0.1) is 6.92 Å². The number of pyridine rings is 1. The second-order valence-corrected chi connectivity index (χ2v) is 7.70. The molecule has 1 heterocycles.